The molecule has 2 aromatic heterocycles. The number of aromatic nitrogens is 4. The van der Waals surface area contributed by atoms with Crippen molar-refractivity contribution in [1.29, 1.82) is 0 Å². The second-order valence-electron chi connectivity index (χ2n) is 6.12. The first-order valence-corrected chi connectivity index (χ1v) is 9.15. The van der Waals surface area contributed by atoms with Gasteiger partial charge in [-0.3, -0.25) is 4.57 Å². The van der Waals surface area contributed by atoms with E-state index < -0.39 is 0 Å². The van der Waals surface area contributed by atoms with Crippen LogP contribution < -0.4 is 0 Å². The number of para-hydroxylation sites is 2. The summed E-state index contributed by atoms with van der Waals surface area (Å²) in [6.45, 7) is 0. The summed E-state index contributed by atoms with van der Waals surface area (Å²) in [6.07, 6.45) is 0. The van der Waals surface area contributed by atoms with Crippen molar-refractivity contribution in [3.63, 3.8) is 0 Å². The van der Waals surface area contributed by atoms with E-state index in [-0.39, 0.29) is 5.82 Å². The summed E-state index contributed by atoms with van der Waals surface area (Å²) < 4.78 is 16.3. The largest absolute Gasteiger partial charge is 0.275 e. The first kappa shape index (κ1) is 16.1. The van der Waals surface area contributed by atoms with E-state index in [0.717, 1.165) is 26.8 Å². The third kappa shape index (κ3) is 2.78. The van der Waals surface area contributed by atoms with Crippen LogP contribution in [-0.4, -0.2) is 19.5 Å². The third-order valence-corrected chi connectivity index (χ3v) is 4.83. The van der Waals surface area contributed by atoms with Crippen molar-refractivity contribution in [3.05, 3.63) is 83.1 Å². The van der Waals surface area contributed by atoms with Gasteiger partial charge in [0.15, 0.2) is 11.3 Å². The molecule has 0 spiro atoms. The predicted molar refractivity (Wildman–Crippen MR) is 107 cm³/mol. The molecule has 0 fully saturated rings. The maximum absolute atomic E-state index is 13.5. The molecule has 0 bridgehead atoms. The molecular formula is C21H12BrFN4. The van der Waals surface area contributed by atoms with E-state index in [1.165, 1.54) is 12.1 Å². The average Bonchev–Trinajstić information content (AvgIpc) is 3.05. The molecule has 27 heavy (non-hydrogen) atoms. The summed E-state index contributed by atoms with van der Waals surface area (Å²) in [5.41, 5.74) is 4.45. The molecule has 0 saturated carbocycles. The van der Waals surface area contributed by atoms with Gasteiger partial charge in [0, 0.05) is 15.7 Å². The van der Waals surface area contributed by atoms with Gasteiger partial charge in [0.25, 0.3) is 0 Å². The maximum Gasteiger partial charge on any atom is 0.199 e. The highest BCUT2D eigenvalue weighted by Crippen LogP contribution is 2.29. The summed E-state index contributed by atoms with van der Waals surface area (Å²) in [4.78, 5) is 14.2. The highest BCUT2D eigenvalue weighted by atomic mass is 79.9. The Morgan fingerprint density at radius 2 is 1.52 bits per heavy atom. The minimum atomic E-state index is -0.288. The van der Waals surface area contributed by atoms with Crippen molar-refractivity contribution in [3.8, 4) is 17.1 Å². The first-order valence-electron chi connectivity index (χ1n) is 8.36. The number of benzene rings is 3. The lowest BCUT2D eigenvalue weighted by Crippen LogP contribution is -1.99. The molecule has 0 saturated heterocycles. The van der Waals surface area contributed by atoms with Gasteiger partial charge in [0.2, 0.25) is 0 Å². The van der Waals surface area contributed by atoms with Crippen LogP contribution in [0.15, 0.2) is 77.3 Å². The van der Waals surface area contributed by atoms with Crippen LogP contribution in [0.2, 0.25) is 0 Å². The van der Waals surface area contributed by atoms with Gasteiger partial charge in [-0.1, -0.05) is 40.2 Å². The van der Waals surface area contributed by atoms with Crippen LogP contribution in [0.4, 0.5) is 4.39 Å². The zero-order valence-electron chi connectivity index (χ0n) is 14.0. The van der Waals surface area contributed by atoms with E-state index in [1.54, 1.807) is 12.1 Å². The van der Waals surface area contributed by atoms with E-state index in [9.17, 15) is 4.39 Å². The molecule has 0 aliphatic rings. The Balaban J connectivity index is 1.88. The fourth-order valence-corrected chi connectivity index (χ4v) is 3.51. The monoisotopic (exact) mass is 418 g/mol. The Kier molecular flexibility index (Phi) is 3.72. The van der Waals surface area contributed by atoms with Gasteiger partial charge in [0.05, 0.1) is 11.0 Å². The fraction of sp³-hybridized carbons (Fsp3) is 0. The number of fused-ring (bicyclic) bond motifs is 2. The smallest absolute Gasteiger partial charge is 0.199 e. The first-order chi connectivity index (χ1) is 13.2. The molecule has 3 aromatic carbocycles. The minimum absolute atomic E-state index is 0.288. The van der Waals surface area contributed by atoms with Gasteiger partial charge in [-0.05, 0) is 48.5 Å². The summed E-state index contributed by atoms with van der Waals surface area (Å²) in [5.74, 6) is 0.414. The van der Waals surface area contributed by atoms with Crippen molar-refractivity contribution < 1.29 is 4.39 Å². The predicted octanol–water partition coefficient (Wildman–Crippen LogP) is 5.54. The lowest BCUT2D eigenvalue weighted by molar-refractivity contribution is 0.627. The number of nitrogens with zero attached hydrogens (tertiary/aromatic N) is 4. The number of hydrogen-bond donors (Lipinski definition) is 0. The summed E-state index contributed by atoms with van der Waals surface area (Å²) in [5, 5.41) is 0. The molecule has 4 nitrogen and oxygen atoms in total. The molecule has 5 rings (SSSR count). The van der Waals surface area contributed by atoms with Gasteiger partial charge in [-0.2, -0.15) is 0 Å². The van der Waals surface area contributed by atoms with E-state index in [2.05, 4.69) is 20.9 Å². The van der Waals surface area contributed by atoms with E-state index in [1.807, 2.05) is 53.1 Å². The minimum Gasteiger partial charge on any atom is -0.275 e. The molecule has 0 aliphatic heterocycles. The van der Waals surface area contributed by atoms with Crippen molar-refractivity contribution in [1.82, 2.24) is 19.5 Å². The molecule has 2 heterocycles. The molecule has 6 heteroatoms. The third-order valence-electron chi connectivity index (χ3n) is 4.34. The van der Waals surface area contributed by atoms with Gasteiger partial charge in [0.1, 0.15) is 11.6 Å². The molecular weight excluding hydrogens is 407 g/mol. The van der Waals surface area contributed by atoms with Gasteiger partial charge < -0.3 is 0 Å². The van der Waals surface area contributed by atoms with Crippen molar-refractivity contribution in [2.24, 2.45) is 0 Å². The summed E-state index contributed by atoms with van der Waals surface area (Å²) >= 11 is 3.51. The molecule has 0 atom stereocenters. The SMILES string of the molecule is Fc1ccc(-n2c(-c3cccc(Br)c3)nc3nc4ccccc4nc32)cc1. The van der Waals surface area contributed by atoms with Crippen molar-refractivity contribution in [2.75, 3.05) is 0 Å². The quantitative estimate of drug-likeness (QED) is 0.378. The van der Waals surface area contributed by atoms with E-state index in [4.69, 9.17) is 9.97 Å². The Labute approximate surface area is 162 Å². The Morgan fingerprint density at radius 1 is 0.778 bits per heavy atom. The average molecular weight is 419 g/mol. The van der Waals surface area contributed by atoms with Crippen LogP contribution in [0.25, 0.3) is 39.4 Å². The molecule has 0 N–H and O–H groups in total. The lowest BCUT2D eigenvalue weighted by atomic mass is 10.2. The van der Waals surface area contributed by atoms with Crippen LogP contribution in [0.5, 0.6) is 0 Å². The fourth-order valence-electron chi connectivity index (χ4n) is 3.11. The number of rotatable bonds is 2. The highest BCUT2D eigenvalue weighted by Gasteiger charge is 2.17. The Hall–Kier alpha value is -3.12. The molecule has 0 radical (unpaired) electrons. The highest BCUT2D eigenvalue weighted by molar-refractivity contribution is 9.10. The summed E-state index contributed by atoms with van der Waals surface area (Å²) in [6, 6.07) is 21.9. The van der Waals surface area contributed by atoms with E-state index >= 15 is 0 Å². The molecule has 0 aliphatic carbocycles. The van der Waals surface area contributed by atoms with Crippen LogP contribution >= 0.6 is 15.9 Å². The zero-order chi connectivity index (χ0) is 18.4. The van der Waals surface area contributed by atoms with Crippen molar-refractivity contribution >= 4 is 38.3 Å². The number of halogens is 2. The van der Waals surface area contributed by atoms with Crippen molar-refractivity contribution in [2.45, 2.75) is 0 Å². The standard InChI is InChI=1S/C21H12BrFN4/c22-14-5-3-4-13(12-14)20-26-19-21(25-18-7-2-1-6-17(18)24-19)27(20)16-10-8-15(23)9-11-16/h1-12H. The second kappa shape index (κ2) is 6.25. The molecule has 0 amide bonds. The van der Waals surface area contributed by atoms with Gasteiger partial charge in [-0.15, -0.1) is 0 Å². The van der Waals surface area contributed by atoms with Crippen LogP contribution in [0, 0.1) is 5.82 Å². The topological polar surface area (TPSA) is 43.6 Å². The van der Waals surface area contributed by atoms with Gasteiger partial charge in [-0.25, -0.2) is 19.3 Å². The van der Waals surface area contributed by atoms with E-state index in [0.29, 0.717) is 17.1 Å². The Bertz CT molecular complexity index is 1300. The van der Waals surface area contributed by atoms with Crippen LogP contribution in [0.1, 0.15) is 0 Å². The maximum atomic E-state index is 13.5. The normalized spacial score (nSPS) is 11.3. The van der Waals surface area contributed by atoms with Crippen LogP contribution in [0.3, 0.4) is 0 Å². The molecule has 0 unspecified atom stereocenters. The Morgan fingerprint density at radius 3 is 2.26 bits per heavy atom. The molecule has 5 aromatic rings. The zero-order valence-corrected chi connectivity index (χ0v) is 15.6. The number of imidazole rings is 1. The molecule has 130 valence electrons. The summed E-state index contributed by atoms with van der Waals surface area (Å²) in [7, 11) is 0. The van der Waals surface area contributed by atoms with Gasteiger partial charge >= 0.3 is 0 Å². The van der Waals surface area contributed by atoms with Crippen LogP contribution in [-0.2, 0) is 0 Å². The number of hydrogen-bond acceptors (Lipinski definition) is 3. The second-order valence-corrected chi connectivity index (χ2v) is 7.03. The lowest BCUT2D eigenvalue weighted by Gasteiger charge is -2.09.